The molecule has 0 radical (unpaired) electrons. The number of carbonyl (C=O) groups excluding carboxylic acids is 2. The van der Waals surface area contributed by atoms with Crippen LogP contribution in [-0.2, 0) is 17.6 Å². The molecule has 37 heavy (non-hydrogen) atoms. The molecule has 0 fully saturated rings. The molecule has 194 valence electrons. The van der Waals surface area contributed by atoms with E-state index in [2.05, 4.69) is 4.98 Å². The summed E-state index contributed by atoms with van der Waals surface area (Å²) in [5.74, 6) is 0.800. The molecule has 0 saturated heterocycles. The lowest BCUT2D eigenvalue weighted by Crippen LogP contribution is -2.47. The molecule has 8 heteroatoms. The first-order valence-electron chi connectivity index (χ1n) is 12.3. The molecule has 1 aliphatic carbocycles. The van der Waals surface area contributed by atoms with Crippen LogP contribution in [0.3, 0.4) is 0 Å². The smallest absolute Gasteiger partial charge is 0.410 e. The van der Waals surface area contributed by atoms with Crippen LogP contribution >= 0.6 is 11.6 Å². The first-order valence-corrected chi connectivity index (χ1v) is 12.6. The van der Waals surface area contributed by atoms with Crippen LogP contribution in [0, 0.1) is 0 Å². The number of pyridine rings is 1. The van der Waals surface area contributed by atoms with Gasteiger partial charge in [0.05, 0.1) is 18.2 Å². The van der Waals surface area contributed by atoms with Crippen LogP contribution in [0.2, 0.25) is 5.02 Å². The second kappa shape index (κ2) is 11.3. The number of carbonyl (C=O) groups is 2. The molecular weight excluding hydrogens is 492 g/mol. The monoisotopic (exact) mass is 522 g/mol. The Hall–Kier alpha value is -3.42. The minimum atomic E-state index is -0.923. The quantitative estimate of drug-likeness (QED) is 0.373. The molecule has 0 unspecified atom stereocenters. The summed E-state index contributed by atoms with van der Waals surface area (Å²) in [6, 6.07) is 15.9. The Balaban J connectivity index is 1.57. The van der Waals surface area contributed by atoms with Gasteiger partial charge in [0, 0.05) is 17.3 Å². The van der Waals surface area contributed by atoms with Gasteiger partial charge in [-0.1, -0.05) is 29.8 Å². The normalized spacial score (nSPS) is 15.9. The van der Waals surface area contributed by atoms with E-state index in [1.165, 1.54) is 5.56 Å². The van der Waals surface area contributed by atoms with Gasteiger partial charge in [-0.05, 0) is 93.1 Å². The molecule has 7 nitrogen and oxygen atoms in total. The van der Waals surface area contributed by atoms with Crippen molar-refractivity contribution in [3.8, 4) is 11.6 Å². The topological polar surface area (TPSA) is 89.0 Å². The number of rotatable bonds is 7. The van der Waals surface area contributed by atoms with Crippen LogP contribution in [0.1, 0.15) is 60.3 Å². The van der Waals surface area contributed by atoms with Crippen LogP contribution in [0.25, 0.3) is 0 Å². The fourth-order valence-electron chi connectivity index (χ4n) is 4.43. The number of aldehydes is 1. The molecule has 2 atom stereocenters. The van der Waals surface area contributed by atoms with Gasteiger partial charge in [0.2, 0.25) is 5.88 Å². The number of aryl methyl sites for hydroxylation is 1. The maximum atomic E-state index is 13.3. The van der Waals surface area contributed by atoms with E-state index in [1.54, 1.807) is 47.5 Å². The Kier molecular flexibility index (Phi) is 8.15. The predicted octanol–water partition coefficient (Wildman–Crippen LogP) is 6.17. The fourth-order valence-corrected chi connectivity index (χ4v) is 4.63. The highest BCUT2D eigenvalue weighted by atomic mass is 35.5. The zero-order valence-corrected chi connectivity index (χ0v) is 21.9. The summed E-state index contributed by atoms with van der Waals surface area (Å²) in [5, 5.41) is 11.5. The van der Waals surface area contributed by atoms with E-state index in [4.69, 9.17) is 21.1 Å². The van der Waals surface area contributed by atoms with Crippen molar-refractivity contribution in [3.63, 3.8) is 0 Å². The minimum absolute atomic E-state index is 0.0715. The number of halogens is 1. The van der Waals surface area contributed by atoms with Gasteiger partial charge in [0.15, 0.2) is 6.29 Å². The van der Waals surface area contributed by atoms with E-state index in [0.29, 0.717) is 34.6 Å². The second-order valence-corrected chi connectivity index (χ2v) is 10.6. The van der Waals surface area contributed by atoms with Crippen molar-refractivity contribution in [1.82, 2.24) is 9.88 Å². The van der Waals surface area contributed by atoms with Crippen LogP contribution in [0.15, 0.2) is 60.8 Å². The number of ether oxygens (including phenoxy) is 2. The van der Waals surface area contributed by atoms with E-state index in [-0.39, 0.29) is 18.5 Å². The minimum Gasteiger partial charge on any atom is -0.444 e. The number of benzene rings is 2. The highest BCUT2D eigenvalue weighted by Gasteiger charge is 2.33. The Morgan fingerprint density at radius 1 is 1.19 bits per heavy atom. The molecule has 0 bridgehead atoms. The van der Waals surface area contributed by atoms with Gasteiger partial charge in [0.25, 0.3) is 0 Å². The number of fused-ring (bicyclic) bond motifs is 1. The van der Waals surface area contributed by atoms with E-state index < -0.39 is 17.8 Å². The Labute approximate surface area is 222 Å². The molecule has 3 aromatic rings. The first-order chi connectivity index (χ1) is 17.6. The number of aromatic nitrogens is 1. The third-order valence-electron chi connectivity index (χ3n) is 6.19. The first kappa shape index (κ1) is 26.6. The Morgan fingerprint density at radius 3 is 2.73 bits per heavy atom. The van der Waals surface area contributed by atoms with Gasteiger partial charge in [-0.15, -0.1) is 0 Å². The number of hydrogen-bond acceptors (Lipinski definition) is 6. The van der Waals surface area contributed by atoms with Gasteiger partial charge < -0.3 is 19.5 Å². The number of aliphatic hydroxyl groups excluding tert-OH is 1. The Morgan fingerprint density at radius 2 is 2.00 bits per heavy atom. The number of amides is 1. The van der Waals surface area contributed by atoms with Crippen molar-refractivity contribution in [1.29, 1.82) is 0 Å². The van der Waals surface area contributed by atoms with E-state index in [0.717, 1.165) is 18.4 Å². The van der Waals surface area contributed by atoms with Gasteiger partial charge in [-0.25, -0.2) is 9.78 Å². The van der Waals surface area contributed by atoms with Crippen LogP contribution in [0.4, 0.5) is 4.79 Å². The van der Waals surface area contributed by atoms with Crippen molar-refractivity contribution in [2.45, 2.75) is 57.8 Å². The molecular formula is C29H31ClN2O5. The predicted molar refractivity (Wildman–Crippen MR) is 141 cm³/mol. The van der Waals surface area contributed by atoms with Crippen LogP contribution < -0.4 is 4.74 Å². The van der Waals surface area contributed by atoms with Crippen molar-refractivity contribution in [2.24, 2.45) is 0 Å². The second-order valence-electron chi connectivity index (χ2n) is 10.1. The highest BCUT2D eigenvalue weighted by Crippen LogP contribution is 2.32. The van der Waals surface area contributed by atoms with Crippen molar-refractivity contribution in [3.05, 3.63) is 88.1 Å². The molecule has 4 rings (SSSR count). The molecule has 1 N–H and O–H groups in total. The van der Waals surface area contributed by atoms with Crippen LogP contribution in [-0.4, -0.2) is 45.6 Å². The lowest BCUT2D eigenvalue weighted by Gasteiger charge is -2.37. The SMILES string of the molecule is CC(C)(C)OC(=O)N(C[C@H](O)c1cccc(Cl)c1)[C@H]1CCc2ccc(Oc3ncccc3C=O)cc2C1. The summed E-state index contributed by atoms with van der Waals surface area (Å²) in [6.45, 7) is 5.53. The number of nitrogens with zero attached hydrogens (tertiary/aromatic N) is 2. The van der Waals surface area contributed by atoms with Crippen molar-refractivity contribution in [2.75, 3.05) is 6.54 Å². The molecule has 1 amide bonds. The van der Waals surface area contributed by atoms with E-state index in [1.807, 2.05) is 39.0 Å². The summed E-state index contributed by atoms with van der Waals surface area (Å²) >= 11 is 6.12. The lowest BCUT2D eigenvalue weighted by atomic mass is 9.87. The average molecular weight is 523 g/mol. The maximum absolute atomic E-state index is 13.3. The lowest BCUT2D eigenvalue weighted by molar-refractivity contribution is 0.00195. The molecule has 0 aliphatic heterocycles. The van der Waals surface area contributed by atoms with Crippen LogP contribution in [0.5, 0.6) is 11.6 Å². The highest BCUT2D eigenvalue weighted by molar-refractivity contribution is 6.30. The molecule has 1 heterocycles. The molecule has 2 aromatic carbocycles. The molecule has 1 aliphatic rings. The molecule has 1 aromatic heterocycles. The summed E-state index contributed by atoms with van der Waals surface area (Å²) in [7, 11) is 0. The summed E-state index contributed by atoms with van der Waals surface area (Å²) in [4.78, 5) is 30.4. The summed E-state index contributed by atoms with van der Waals surface area (Å²) in [6.07, 6.45) is 2.94. The largest absolute Gasteiger partial charge is 0.444 e. The third-order valence-corrected chi connectivity index (χ3v) is 6.43. The van der Waals surface area contributed by atoms with Gasteiger partial charge in [-0.2, -0.15) is 0 Å². The third kappa shape index (κ3) is 6.87. The molecule has 0 spiro atoms. The van der Waals surface area contributed by atoms with Gasteiger partial charge in [-0.3, -0.25) is 4.79 Å². The van der Waals surface area contributed by atoms with Gasteiger partial charge >= 0.3 is 6.09 Å². The Bertz CT molecular complexity index is 1270. The van der Waals surface area contributed by atoms with E-state index >= 15 is 0 Å². The van der Waals surface area contributed by atoms with Gasteiger partial charge in [0.1, 0.15) is 11.4 Å². The standard InChI is InChI=1S/C29H31ClN2O5/c1-29(2,3)37-28(35)32(17-26(34)20-6-4-8-23(30)14-20)24-11-9-19-10-12-25(16-22(19)15-24)36-27-21(18-33)7-5-13-31-27/h4-8,10,12-14,16,18,24,26,34H,9,11,15,17H2,1-3H3/t24-,26-/m0/s1. The zero-order chi connectivity index (χ0) is 26.6. The average Bonchev–Trinajstić information content (AvgIpc) is 2.86. The van der Waals surface area contributed by atoms with Crippen molar-refractivity contribution >= 4 is 24.0 Å². The fraction of sp³-hybridized carbons (Fsp3) is 0.345. The maximum Gasteiger partial charge on any atom is 0.410 e. The van der Waals surface area contributed by atoms with Crippen molar-refractivity contribution < 1.29 is 24.2 Å². The van der Waals surface area contributed by atoms with E-state index in [9.17, 15) is 14.7 Å². The summed E-state index contributed by atoms with van der Waals surface area (Å²) in [5.41, 5.74) is 2.52. The zero-order valence-electron chi connectivity index (χ0n) is 21.2. The number of hydrogen-bond donors (Lipinski definition) is 1. The summed E-state index contributed by atoms with van der Waals surface area (Å²) < 4.78 is 11.6. The molecule has 0 saturated carbocycles. The number of aliphatic hydroxyl groups is 1.